The quantitative estimate of drug-likeness (QED) is 0.812. The molecule has 3 nitrogen and oxygen atoms in total. The summed E-state index contributed by atoms with van der Waals surface area (Å²) >= 11 is 1.30. The summed E-state index contributed by atoms with van der Waals surface area (Å²) in [7, 11) is 2.03. The molecular formula is C11H17NO2S. The number of thiophene rings is 1. The minimum atomic E-state index is -0.816. The molecule has 0 radical (unpaired) electrons. The molecule has 0 fully saturated rings. The summed E-state index contributed by atoms with van der Waals surface area (Å²) in [5.74, 6) is -0.816. The fourth-order valence-electron chi connectivity index (χ4n) is 1.45. The fourth-order valence-corrected chi connectivity index (χ4v) is 2.20. The predicted octanol–water partition coefficient (Wildman–Crippen LogP) is 2.68. The SMILES string of the molecule is CCCCN(C)Cc1ccsc1C(=O)O. The van der Waals surface area contributed by atoms with E-state index in [2.05, 4.69) is 11.8 Å². The van der Waals surface area contributed by atoms with Crippen molar-refractivity contribution in [2.45, 2.75) is 26.3 Å². The highest BCUT2D eigenvalue weighted by atomic mass is 32.1. The minimum Gasteiger partial charge on any atom is -0.477 e. The van der Waals surface area contributed by atoms with E-state index in [9.17, 15) is 4.79 Å². The molecule has 0 amide bonds. The second kappa shape index (κ2) is 5.88. The van der Waals surface area contributed by atoms with Crippen molar-refractivity contribution in [3.05, 3.63) is 21.9 Å². The zero-order valence-corrected chi connectivity index (χ0v) is 10.0. The van der Waals surface area contributed by atoms with Crippen LogP contribution in [0.3, 0.4) is 0 Å². The van der Waals surface area contributed by atoms with E-state index in [1.54, 1.807) is 0 Å². The molecule has 1 aromatic heterocycles. The van der Waals surface area contributed by atoms with Crippen molar-refractivity contribution in [2.24, 2.45) is 0 Å². The van der Waals surface area contributed by atoms with Crippen molar-refractivity contribution >= 4 is 17.3 Å². The number of aromatic carboxylic acids is 1. The first-order chi connectivity index (χ1) is 7.15. The van der Waals surface area contributed by atoms with Gasteiger partial charge in [-0.3, -0.25) is 0 Å². The highest BCUT2D eigenvalue weighted by molar-refractivity contribution is 7.12. The molecule has 0 aromatic carbocycles. The van der Waals surface area contributed by atoms with E-state index >= 15 is 0 Å². The number of unbranched alkanes of at least 4 members (excludes halogenated alkanes) is 1. The first kappa shape index (κ1) is 12.2. The molecule has 0 aliphatic heterocycles. The number of carboxylic acids is 1. The third-order valence-corrected chi connectivity index (χ3v) is 3.22. The average molecular weight is 227 g/mol. The molecule has 4 heteroatoms. The zero-order valence-electron chi connectivity index (χ0n) is 9.19. The molecule has 0 spiro atoms. The fraction of sp³-hybridized carbons (Fsp3) is 0.545. The molecule has 0 unspecified atom stereocenters. The van der Waals surface area contributed by atoms with Crippen LogP contribution in [0, 0.1) is 0 Å². The Morgan fingerprint density at radius 2 is 2.33 bits per heavy atom. The molecule has 1 aromatic rings. The Bertz CT molecular complexity index is 322. The number of nitrogens with zero attached hydrogens (tertiary/aromatic N) is 1. The van der Waals surface area contributed by atoms with Gasteiger partial charge in [0.25, 0.3) is 0 Å². The zero-order chi connectivity index (χ0) is 11.3. The Labute approximate surface area is 94.3 Å². The standard InChI is InChI=1S/C11H17NO2S/c1-3-4-6-12(2)8-9-5-7-15-10(9)11(13)14/h5,7H,3-4,6,8H2,1-2H3,(H,13,14). The van der Waals surface area contributed by atoms with Gasteiger partial charge in [0.05, 0.1) is 0 Å². The molecule has 84 valence electrons. The van der Waals surface area contributed by atoms with Crippen LogP contribution in [0.4, 0.5) is 0 Å². The van der Waals surface area contributed by atoms with Crippen molar-refractivity contribution in [1.82, 2.24) is 4.90 Å². The van der Waals surface area contributed by atoms with Crippen molar-refractivity contribution in [2.75, 3.05) is 13.6 Å². The molecule has 0 aliphatic rings. The summed E-state index contributed by atoms with van der Waals surface area (Å²) in [5, 5.41) is 10.8. The van der Waals surface area contributed by atoms with E-state index < -0.39 is 5.97 Å². The number of hydrogen-bond donors (Lipinski definition) is 1. The van der Waals surface area contributed by atoms with Crippen LogP contribution < -0.4 is 0 Å². The average Bonchev–Trinajstić information content (AvgIpc) is 2.62. The van der Waals surface area contributed by atoms with E-state index in [1.165, 1.54) is 17.8 Å². The van der Waals surface area contributed by atoms with E-state index in [0.29, 0.717) is 4.88 Å². The van der Waals surface area contributed by atoms with Gasteiger partial charge in [-0.1, -0.05) is 13.3 Å². The van der Waals surface area contributed by atoms with Gasteiger partial charge in [0.1, 0.15) is 4.88 Å². The molecule has 1 rings (SSSR count). The number of rotatable bonds is 6. The van der Waals surface area contributed by atoms with Crippen LogP contribution in [-0.4, -0.2) is 29.6 Å². The van der Waals surface area contributed by atoms with Crippen LogP contribution in [0.25, 0.3) is 0 Å². The lowest BCUT2D eigenvalue weighted by atomic mass is 10.2. The predicted molar refractivity (Wildman–Crippen MR) is 62.5 cm³/mol. The van der Waals surface area contributed by atoms with Gasteiger partial charge in [0.2, 0.25) is 0 Å². The Morgan fingerprint density at radius 1 is 1.60 bits per heavy atom. The highest BCUT2D eigenvalue weighted by Gasteiger charge is 2.12. The largest absolute Gasteiger partial charge is 0.477 e. The smallest absolute Gasteiger partial charge is 0.346 e. The van der Waals surface area contributed by atoms with Crippen molar-refractivity contribution < 1.29 is 9.90 Å². The third-order valence-electron chi connectivity index (χ3n) is 2.27. The highest BCUT2D eigenvalue weighted by Crippen LogP contribution is 2.18. The number of hydrogen-bond acceptors (Lipinski definition) is 3. The summed E-state index contributed by atoms with van der Waals surface area (Å²) in [6, 6.07) is 1.90. The lowest BCUT2D eigenvalue weighted by Gasteiger charge is -2.15. The molecule has 0 atom stereocenters. The van der Waals surface area contributed by atoms with Crippen molar-refractivity contribution in [3.63, 3.8) is 0 Å². The maximum atomic E-state index is 10.9. The molecule has 15 heavy (non-hydrogen) atoms. The van der Waals surface area contributed by atoms with Gasteiger partial charge in [-0.25, -0.2) is 4.79 Å². The lowest BCUT2D eigenvalue weighted by Crippen LogP contribution is -2.19. The van der Waals surface area contributed by atoms with Gasteiger partial charge in [-0.2, -0.15) is 0 Å². The van der Waals surface area contributed by atoms with E-state index in [-0.39, 0.29) is 0 Å². The molecule has 0 saturated heterocycles. The summed E-state index contributed by atoms with van der Waals surface area (Å²) in [6.07, 6.45) is 2.32. The van der Waals surface area contributed by atoms with Crippen LogP contribution in [0.15, 0.2) is 11.4 Å². The van der Waals surface area contributed by atoms with Crippen molar-refractivity contribution in [3.8, 4) is 0 Å². The van der Waals surface area contributed by atoms with Crippen molar-refractivity contribution in [1.29, 1.82) is 0 Å². The number of carboxylic acid groups (broad SMARTS) is 1. The van der Waals surface area contributed by atoms with Gasteiger partial charge in [-0.05, 0) is 37.0 Å². The summed E-state index contributed by atoms with van der Waals surface area (Å²) < 4.78 is 0. The summed E-state index contributed by atoms with van der Waals surface area (Å²) in [5.41, 5.74) is 0.922. The molecule has 1 heterocycles. The van der Waals surface area contributed by atoms with Gasteiger partial charge < -0.3 is 10.0 Å². The first-order valence-corrected chi connectivity index (χ1v) is 6.01. The van der Waals surface area contributed by atoms with Gasteiger partial charge in [-0.15, -0.1) is 11.3 Å². The van der Waals surface area contributed by atoms with Crippen LogP contribution >= 0.6 is 11.3 Å². The Morgan fingerprint density at radius 3 is 2.93 bits per heavy atom. The van der Waals surface area contributed by atoms with Gasteiger partial charge in [0.15, 0.2) is 0 Å². The number of carbonyl (C=O) groups is 1. The lowest BCUT2D eigenvalue weighted by molar-refractivity contribution is 0.0700. The molecule has 0 aliphatic carbocycles. The first-order valence-electron chi connectivity index (χ1n) is 5.13. The van der Waals surface area contributed by atoms with Crippen LogP contribution in [0.1, 0.15) is 35.0 Å². The minimum absolute atomic E-state index is 0.471. The Kier molecular flexibility index (Phi) is 4.78. The van der Waals surface area contributed by atoms with E-state index in [4.69, 9.17) is 5.11 Å². The third kappa shape index (κ3) is 3.64. The molecular weight excluding hydrogens is 210 g/mol. The van der Waals surface area contributed by atoms with Gasteiger partial charge in [0, 0.05) is 6.54 Å². The second-order valence-electron chi connectivity index (χ2n) is 3.67. The normalized spacial score (nSPS) is 10.9. The summed E-state index contributed by atoms with van der Waals surface area (Å²) in [4.78, 5) is 13.5. The van der Waals surface area contributed by atoms with Gasteiger partial charge >= 0.3 is 5.97 Å². The maximum Gasteiger partial charge on any atom is 0.346 e. The van der Waals surface area contributed by atoms with Crippen LogP contribution in [0.5, 0.6) is 0 Å². The Balaban J connectivity index is 2.56. The van der Waals surface area contributed by atoms with Crippen LogP contribution in [-0.2, 0) is 6.54 Å². The van der Waals surface area contributed by atoms with Crippen LogP contribution in [0.2, 0.25) is 0 Å². The molecule has 0 saturated carbocycles. The summed E-state index contributed by atoms with van der Waals surface area (Å²) in [6.45, 7) is 3.90. The van der Waals surface area contributed by atoms with E-state index in [1.807, 2.05) is 18.5 Å². The molecule has 0 bridgehead atoms. The second-order valence-corrected chi connectivity index (χ2v) is 4.59. The maximum absolute atomic E-state index is 10.9. The molecule has 1 N–H and O–H groups in total. The monoisotopic (exact) mass is 227 g/mol. The Hall–Kier alpha value is -0.870. The van der Waals surface area contributed by atoms with E-state index in [0.717, 1.165) is 25.1 Å². The topological polar surface area (TPSA) is 40.5 Å².